The molecule has 2 rings (SSSR count). The van der Waals surface area contributed by atoms with Gasteiger partial charge < -0.3 is 10.2 Å². The van der Waals surface area contributed by atoms with E-state index < -0.39 is 10.8 Å². The topological polar surface area (TPSA) is 99.4 Å². The molecule has 1 aromatic heterocycles. The Morgan fingerprint density at radius 2 is 2.06 bits per heavy atom. The smallest absolute Gasteiger partial charge is 0.284 e. The van der Waals surface area contributed by atoms with Crippen LogP contribution in [0.15, 0.2) is 34.7 Å². The van der Waals surface area contributed by atoms with Crippen LogP contribution in [0.25, 0.3) is 11.3 Å². The molecule has 0 atom stereocenters. The largest absolute Gasteiger partial charge is 0.451 e. The van der Waals surface area contributed by atoms with E-state index in [1.165, 1.54) is 12.1 Å². The van der Waals surface area contributed by atoms with Crippen LogP contribution >= 0.6 is 0 Å². The lowest BCUT2D eigenvalue weighted by atomic mass is 10.1. The van der Waals surface area contributed by atoms with Gasteiger partial charge in [0.2, 0.25) is 0 Å². The Kier molecular flexibility index (Phi) is 2.85. The summed E-state index contributed by atoms with van der Waals surface area (Å²) < 4.78 is 5.25. The van der Waals surface area contributed by atoms with Crippen molar-refractivity contribution in [3.8, 4) is 11.3 Å². The zero-order valence-electron chi connectivity index (χ0n) is 9.54. The molecule has 6 nitrogen and oxygen atoms in total. The number of hydrogen-bond acceptors (Lipinski definition) is 4. The number of rotatable bonds is 3. The van der Waals surface area contributed by atoms with Gasteiger partial charge in [-0.3, -0.25) is 14.9 Å². The summed E-state index contributed by atoms with van der Waals surface area (Å²) in [4.78, 5) is 21.3. The lowest BCUT2D eigenvalue weighted by Gasteiger charge is -2.02. The highest BCUT2D eigenvalue weighted by Gasteiger charge is 2.17. The fraction of sp³-hybridized carbons (Fsp3) is 0.0833. The van der Waals surface area contributed by atoms with Gasteiger partial charge in [-0.15, -0.1) is 0 Å². The van der Waals surface area contributed by atoms with Gasteiger partial charge in [0.05, 0.1) is 4.92 Å². The minimum atomic E-state index is -0.677. The summed E-state index contributed by atoms with van der Waals surface area (Å²) in [6.45, 7) is 1.62. The predicted molar refractivity (Wildman–Crippen MR) is 64.1 cm³/mol. The first kappa shape index (κ1) is 11.8. The third-order valence-electron chi connectivity index (χ3n) is 2.62. The van der Waals surface area contributed by atoms with Crippen molar-refractivity contribution in [1.82, 2.24) is 0 Å². The van der Waals surface area contributed by atoms with Crippen LogP contribution in [0.2, 0.25) is 0 Å². The molecule has 0 fully saturated rings. The third-order valence-corrected chi connectivity index (χ3v) is 2.62. The molecule has 0 aliphatic heterocycles. The van der Waals surface area contributed by atoms with Crippen molar-refractivity contribution in [1.29, 1.82) is 0 Å². The first-order valence-corrected chi connectivity index (χ1v) is 5.14. The number of nitro groups is 1. The van der Waals surface area contributed by atoms with Crippen LogP contribution in [0.3, 0.4) is 0 Å². The number of nitrogens with zero attached hydrogens (tertiary/aromatic N) is 1. The highest BCUT2D eigenvalue weighted by atomic mass is 16.6. The second kappa shape index (κ2) is 4.33. The molecule has 6 heteroatoms. The fourth-order valence-electron chi connectivity index (χ4n) is 1.70. The van der Waals surface area contributed by atoms with E-state index in [-0.39, 0.29) is 11.4 Å². The standard InChI is InChI=1S/C12H10N2O4/c1-7-8(3-2-4-9(7)14(16)17)10-5-6-11(18-10)12(13)15/h2-6H,1H3,(H2,13,15). The average Bonchev–Trinajstić information content (AvgIpc) is 2.78. The molecule has 1 heterocycles. The van der Waals surface area contributed by atoms with Gasteiger partial charge in [0.15, 0.2) is 5.76 Å². The van der Waals surface area contributed by atoms with Crippen molar-refractivity contribution < 1.29 is 14.1 Å². The Labute approximate surface area is 102 Å². The van der Waals surface area contributed by atoms with Gasteiger partial charge in [-0.1, -0.05) is 12.1 Å². The normalized spacial score (nSPS) is 10.3. The molecule has 1 amide bonds. The van der Waals surface area contributed by atoms with Crippen LogP contribution < -0.4 is 5.73 Å². The number of primary amides is 1. The zero-order valence-corrected chi connectivity index (χ0v) is 9.54. The highest BCUT2D eigenvalue weighted by molar-refractivity contribution is 5.90. The second-order valence-electron chi connectivity index (χ2n) is 3.73. The summed E-state index contributed by atoms with van der Waals surface area (Å²) in [6, 6.07) is 7.66. The number of nitro benzene ring substituents is 1. The molecule has 2 N–H and O–H groups in total. The van der Waals surface area contributed by atoms with E-state index in [0.717, 1.165) is 0 Å². The number of nitrogens with two attached hydrogens (primary N) is 1. The van der Waals surface area contributed by atoms with Gasteiger partial charge in [0.1, 0.15) is 5.76 Å². The van der Waals surface area contributed by atoms with Crippen molar-refractivity contribution in [2.75, 3.05) is 0 Å². The van der Waals surface area contributed by atoms with E-state index in [1.807, 2.05) is 0 Å². The summed E-state index contributed by atoms with van der Waals surface area (Å²) in [5, 5.41) is 10.8. The molecule has 92 valence electrons. The molecular weight excluding hydrogens is 236 g/mol. The van der Waals surface area contributed by atoms with Crippen LogP contribution in [0, 0.1) is 17.0 Å². The fourth-order valence-corrected chi connectivity index (χ4v) is 1.70. The maximum atomic E-state index is 10.9. The second-order valence-corrected chi connectivity index (χ2v) is 3.73. The van der Waals surface area contributed by atoms with E-state index in [0.29, 0.717) is 16.9 Å². The Bertz CT molecular complexity index is 631. The maximum Gasteiger partial charge on any atom is 0.284 e. The van der Waals surface area contributed by atoms with Crippen LogP contribution in [-0.2, 0) is 0 Å². The van der Waals surface area contributed by atoms with Crippen LogP contribution in [-0.4, -0.2) is 10.8 Å². The highest BCUT2D eigenvalue weighted by Crippen LogP contribution is 2.30. The van der Waals surface area contributed by atoms with Gasteiger partial charge in [-0.2, -0.15) is 0 Å². The summed E-state index contributed by atoms with van der Waals surface area (Å²) in [6.07, 6.45) is 0. The van der Waals surface area contributed by atoms with Crippen molar-refractivity contribution in [3.05, 3.63) is 51.8 Å². The molecule has 1 aromatic carbocycles. The molecule has 2 aromatic rings. The number of benzene rings is 1. The quantitative estimate of drug-likeness (QED) is 0.663. The number of carbonyl (C=O) groups excluding carboxylic acids is 1. The number of amides is 1. The average molecular weight is 246 g/mol. The minimum absolute atomic E-state index is 0.00419. The molecular formula is C12H10N2O4. The Hall–Kier alpha value is -2.63. The summed E-state index contributed by atoms with van der Waals surface area (Å²) >= 11 is 0. The first-order valence-electron chi connectivity index (χ1n) is 5.14. The van der Waals surface area contributed by atoms with E-state index in [4.69, 9.17) is 10.2 Å². The van der Waals surface area contributed by atoms with Gasteiger partial charge in [-0.25, -0.2) is 0 Å². The summed E-state index contributed by atoms with van der Waals surface area (Å²) in [5.74, 6) is -0.273. The zero-order chi connectivity index (χ0) is 13.3. The molecule has 18 heavy (non-hydrogen) atoms. The molecule has 0 aliphatic carbocycles. The third kappa shape index (κ3) is 1.95. The monoisotopic (exact) mass is 246 g/mol. The van der Waals surface area contributed by atoms with E-state index in [1.54, 1.807) is 25.1 Å². The minimum Gasteiger partial charge on any atom is -0.451 e. The maximum absolute atomic E-state index is 10.9. The van der Waals surface area contributed by atoms with Crippen LogP contribution in [0.4, 0.5) is 5.69 Å². The van der Waals surface area contributed by atoms with E-state index >= 15 is 0 Å². The molecule has 0 radical (unpaired) electrons. The van der Waals surface area contributed by atoms with Gasteiger partial charge in [0, 0.05) is 17.2 Å². The molecule has 0 unspecified atom stereocenters. The van der Waals surface area contributed by atoms with Crippen molar-refractivity contribution >= 4 is 11.6 Å². The van der Waals surface area contributed by atoms with Crippen molar-refractivity contribution in [3.63, 3.8) is 0 Å². The Morgan fingerprint density at radius 1 is 1.33 bits per heavy atom. The summed E-state index contributed by atoms with van der Waals surface area (Å²) in [5.41, 5.74) is 6.13. The van der Waals surface area contributed by atoms with Gasteiger partial charge in [-0.05, 0) is 19.1 Å². The SMILES string of the molecule is Cc1c(-c2ccc(C(N)=O)o2)cccc1[N+](=O)[O-]. The Balaban J connectivity index is 2.53. The van der Waals surface area contributed by atoms with Crippen LogP contribution in [0.1, 0.15) is 16.1 Å². The van der Waals surface area contributed by atoms with E-state index in [9.17, 15) is 14.9 Å². The predicted octanol–water partition coefficient (Wildman–Crippen LogP) is 2.26. The lowest BCUT2D eigenvalue weighted by molar-refractivity contribution is -0.385. The van der Waals surface area contributed by atoms with E-state index in [2.05, 4.69) is 0 Å². The number of hydrogen-bond donors (Lipinski definition) is 1. The Morgan fingerprint density at radius 3 is 2.61 bits per heavy atom. The summed E-state index contributed by atoms with van der Waals surface area (Å²) in [7, 11) is 0. The molecule has 0 saturated carbocycles. The number of furan rings is 1. The molecule has 0 bridgehead atoms. The van der Waals surface area contributed by atoms with Crippen LogP contribution in [0.5, 0.6) is 0 Å². The van der Waals surface area contributed by atoms with Crippen molar-refractivity contribution in [2.24, 2.45) is 5.73 Å². The molecule has 0 spiro atoms. The molecule has 0 aliphatic rings. The first-order chi connectivity index (χ1) is 8.50. The van der Waals surface area contributed by atoms with Gasteiger partial charge in [0.25, 0.3) is 11.6 Å². The lowest BCUT2D eigenvalue weighted by Crippen LogP contribution is -2.09. The van der Waals surface area contributed by atoms with Crippen molar-refractivity contribution in [2.45, 2.75) is 6.92 Å². The number of carbonyl (C=O) groups is 1. The van der Waals surface area contributed by atoms with Gasteiger partial charge >= 0.3 is 0 Å². The molecule has 0 saturated heterocycles.